The molecular formula is C4H5F3N6O. The molecule has 5 N–H and O–H groups in total. The van der Waals surface area contributed by atoms with E-state index >= 15 is 0 Å². The summed E-state index contributed by atoms with van der Waals surface area (Å²) in [6.45, 7) is 0. The Morgan fingerprint density at radius 1 is 1.43 bits per heavy atom. The first kappa shape index (κ1) is 12.0. The van der Waals surface area contributed by atoms with E-state index in [1.807, 2.05) is 0 Å². The Morgan fingerprint density at radius 3 is 2.29 bits per heavy atom. The Morgan fingerprint density at radius 2 is 1.93 bits per heavy atom. The SMILES string of the molecule is N=N/N=C(/N)C(=N)NC(=O)C(F)(F)F. The Labute approximate surface area is 75.2 Å². The van der Waals surface area contributed by atoms with Crippen LogP contribution < -0.4 is 11.1 Å². The predicted molar refractivity (Wildman–Crippen MR) is 38.7 cm³/mol. The van der Waals surface area contributed by atoms with E-state index in [1.54, 1.807) is 0 Å². The average Bonchev–Trinajstić information content (AvgIpc) is 2.02. The lowest BCUT2D eigenvalue weighted by Crippen LogP contribution is -2.45. The molecule has 0 aromatic rings. The van der Waals surface area contributed by atoms with Crippen molar-refractivity contribution in [2.24, 2.45) is 16.1 Å². The molecule has 0 aliphatic heterocycles. The number of nitrogens with one attached hydrogen (secondary N) is 3. The summed E-state index contributed by atoms with van der Waals surface area (Å²) in [5.74, 6) is -4.20. The van der Waals surface area contributed by atoms with E-state index in [2.05, 4.69) is 10.3 Å². The fourth-order valence-electron chi connectivity index (χ4n) is 0.352. The molecule has 10 heteroatoms. The molecule has 1 amide bonds. The van der Waals surface area contributed by atoms with Crippen molar-refractivity contribution in [3.8, 4) is 0 Å². The summed E-state index contributed by atoms with van der Waals surface area (Å²) in [5, 5.41) is 13.0. The van der Waals surface area contributed by atoms with Crippen molar-refractivity contribution in [2.75, 3.05) is 0 Å². The number of halogens is 3. The lowest BCUT2D eigenvalue weighted by atomic mass is 10.5. The number of nitrogens with zero attached hydrogens (tertiary/aromatic N) is 2. The van der Waals surface area contributed by atoms with Gasteiger partial charge in [-0.2, -0.15) is 18.7 Å². The van der Waals surface area contributed by atoms with E-state index in [4.69, 9.17) is 16.7 Å². The Bertz CT molecular complexity index is 294. The zero-order valence-corrected chi connectivity index (χ0v) is 6.51. The number of alkyl halides is 3. The summed E-state index contributed by atoms with van der Waals surface area (Å²) >= 11 is 0. The number of amides is 1. The second-order valence-corrected chi connectivity index (χ2v) is 1.91. The van der Waals surface area contributed by atoms with Gasteiger partial charge in [0, 0.05) is 0 Å². The van der Waals surface area contributed by atoms with Crippen molar-refractivity contribution in [3.63, 3.8) is 0 Å². The summed E-state index contributed by atoms with van der Waals surface area (Å²) < 4.78 is 34.8. The minimum absolute atomic E-state index is 0.794. The van der Waals surface area contributed by atoms with Crippen LogP contribution in [0, 0.1) is 10.9 Å². The zero-order chi connectivity index (χ0) is 11.4. The van der Waals surface area contributed by atoms with E-state index in [0.29, 0.717) is 0 Å². The predicted octanol–water partition coefficient (Wildman–Crippen LogP) is -0.0547. The number of rotatable bonds is 1. The topological polar surface area (TPSA) is 128 Å². The first-order valence-corrected chi connectivity index (χ1v) is 2.96. The van der Waals surface area contributed by atoms with Crippen LogP contribution in [-0.2, 0) is 4.79 Å². The second kappa shape index (κ2) is 4.30. The summed E-state index contributed by atoms with van der Waals surface area (Å²) in [5.41, 5.74) is 11.0. The highest BCUT2D eigenvalue weighted by Crippen LogP contribution is 2.13. The van der Waals surface area contributed by atoms with Crippen molar-refractivity contribution in [1.29, 1.82) is 10.9 Å². The van der Waals surface area contributed by atoms with Crippen LogP contribution in [0.25, 0.3) is 0 Å². The Balaban J connectivity index is 4.42. The molecule has 0 saturated heterocycles. The summed E-state index contributed by atoms with van der Waals surface area (Å²) in [6.07, 6.45) is -5.11. The number of hydrogen-bond acceptors (Lipinski definition) is 4. The molecule has 0 aromatic heterocycles. The highest BCUT2D eigenvalue weighted by atomic mass is 19.4. The molecule has 0 fully saturated rings. The van der Waals surface area contributed by atoms with Crippen molar-refractivity contribution >= 4 is 17.6 Å². The third kappa shape index (κ3) is 3.60. The Kier molecular flexibility index (Phi) is 3.68. The highest BCUT2D eigenvalue weighted by Gasteiger charge is 2.39. The first-order valence-electron chi connectivity index (χ1n) is 2.96. The van der Waals surface area contributed by atoms with Gasteiger partial charge in [0.05, 0.1) is 0 Å². The van der Waals surface area contributed by atoms with E-state index in [-0.39, 0.29) is 0 Å². The van der Waals surface area contributed by atoms with Crippen LogP contribution in [0.2, 0.25) is 0 Å². The summed E-state index contributed by atoms with van der Waals surface area (Å²) in [7, 11) is 0. The number of hydrogen-bond donors (Lipinski definition) is 4. The third-order valence-electron chi connectivity index (χ3n) is 0.910. The molecule has 0 heterocycles. The molecule has 78 valence electrons. The quantitative estimate of drug-likeness (QED) is 0.209. The third-order valence-corrected chi connectivity index (χ3v) is 0.910. The van der Waals surface area contributed by atoms with Gasteiger partial charge in [0.15, 0.2) is 11.7 Å². The van der Waals surface area contributed by atoms with Gasteiger partial charge in [0.2, 0.25) is 0 Å². The van der Waals surface area contributed by atoms with Crippen LogP contribution in [0.3, 0.4) is 0 Å². The molecule has 0 saturated carbocycles. The van der Waals surface area contributed by atoms with Gasteiger partial charge in [-0.1, -0.05) is 5.22 Å². The molecule has 0 aliphatic carbocycles. The number of amidine groups is 2. The molecule has 0 spiro atoms. The van der Waals surface area contributed by atoms with E-state index in [0.717, 1.165) is 5.32 Å². The maximum absolute atomic E-state index is 11.6. The molecule has 14 heavy (non-hydrogen) atoms. The molecule has 0 radical (unpaired) electrons. The molecule has 0 bridgehead atoms. The highest BCUT2D eigenvalue weighted by molar-refractivity contribution is 6.41. The first-order chi connectivity index (χ1) is 6.29. The van der Waals surface area contributed by atoms with Gasteiger partial charge in [-0.3, -0.25) is 10.2 Å². The average molecular weight is 210 g/mol. The van der Waals surface area contributed by atoms with Gasteiger partial charge in [-0.15, -0.1) is 5.10 Å². The normalized spacial score (nSPS) is 12.1. The van der Waals surface area contributed by atoms with Gasteiger partial charge < -0.3 is 11.1 Å². The van der Waals surface area contributed by atoms with Crippen LogP contribution in [0.1, 0.15) is 0 Å². The maximum Gasteiger partial charge on any atom is 0.471 e. The van der Waals surface area contributed by atoms with E-state index in [1.165, 1.54) is 0 Å². The smallest absolute Gasteiger partial charge is 0.379 e. The minimum Gasteiger partial charge on any atom is -0.379 e. The van der Waals surface area contributed by atoms with Gasteiger partial charge in [-0.05, 0) is 0 Å². The van der Waals surface area contributed by atoms with Crippen molar-refractivity contribution in [2.45, 2.75) is 6.18 Å². The molecule has 0 unspecified atom stereocenters. The second-order valence-electron chi connectivity index (χ2n) is 1.91. The molecule has 0 aliphatic rings. The van der Waals surface area contributed by atoms with Crippen molar-refractivity contribution < 1.29 is 18.0 Å². The number of carbonyl (C=O) groups excluding carboxylic acids is 1. The zero-order valence-electron chi connectivity index (χ0n) is 6.51. The monoisotopic (exact) mass is 210 g/mol. The largest absolute Gasteiger partial charge is 0.471 e. The van der Waals surface area contributed by atoms with Gasteiger partial charge in [0.25, 0.3) is 0 Å². The molecule has 7 nitrogen and oxygen atoms in total. The molecular weight excluding hydrogens is 205 g/mol. The lowest BCUT2D eigenvalue weighted by Gasteiger charge is -2.07. The van der Waals surface area contributed by atoms with Gasteiger partial charge in [0.1, 0.15) is 0 Å². The van der Waals surface area contributed by atoms with Crippen LogP contribution in [0.15, 0.2) is 10.3 Å². The van der Waals surface area contributed by atoms with Crippen LogP contribution in [0.4, 0.5) is 13.2 Å². The maximum atomic E-state index is 11.6. The summed E-state index contributed by atoms with van der Waals surface area (Å²) in [4.78, 5) is 10.2. The molecule has 0 rings (SSSR count). The van der Waals surface area contributed by atoms with Gasteiger partial charge in [-0.25, -0.2) is 0 Å². The Hall–Kier alpha value is -2.00. The van der Waals surface area contributed by atoms with E-state index in [9.17, 15) is 18.0 Å². The fraction of sp³-hybridized carbons (Fsp3) is 0.250. The van der Waals surface area contributed by atoms with Gasteiger partial charge >= 0.3 is 12.1 Å². The van der Waals surface area contributed by atoms with Crippen LogP contribution in [-0.4, -0.2) is 23.8 Å². The van der Waals surface area contributed by atoms with Crippen LogP contribution >= 0.6 is 0 Å². The molecule has 0 atom stereocenters. The molecule has 0 aromatic carbocycles. The van der Waals surface area contributed by atoms with Crippen molar-refractivity contribution in [1.82, 2.24) is 5.32 Å². The summed E-state index contributed by atoms with van der Waals surface area (Å²) in [6, 6.07) is 0. The van der Waals surface area contributed by atoms with E-state index < -0.39 is 23.8 Å². The number of carbonyl (C=O) groups is 1. The fourth-order valence-corrected chi connectivity index (χ4v) is 0.352. The lowest BCUT2D eigenvalue weighted by molar-refractivity contribution is -0.171. The number of nitrogens with two attached hydrogens (primary N) is 1. The van der Waals surface area contributed by atoms with Crippen LogP contribution in [0.5, 0.6) is 0 Å². The standard InChI is InChI=1S/C4H5F3N6O/c5-4(6,7)3(14)11-1(8)2(9)12-13-10/h(H2,8,11,14)(H3,9,10,12). The van der Waals surface area contributed by atoms with Crippen molar-refractivity contribution in [3.05, 3.63) is 0 Å². The minimum atomic E-state index is -5.11.